The minimum atomic E-state index is -3.11. The number of aliphatic carboxylic acids is 1. The molecule has 0 bridgehead atoms. The standard InChI is InChI=1S/C24H23F4N3O2/c1-13-8-15-16-11-29-30-20(16)6-5-17(15)24(3,31(13)12-23(2,27)28)22-18(25)9-14(10-19(22)26)4-7-21(32)33/h4-7,9-11,13H,8,12H2,1-3H3,(H,29,30)(H,32,33)/b7-4+/t13-,24+/m1/s1. The highest BCUT2D eigenvalue weighted by atomic mass is 19.3. The zero-order valence-corrected chi connectivity index (χ0v) is 18.3. The van der Waals surface area contributed by atoms with Gasteiger partial charge in [-0.25, -0.2) is 22.4 Å². The summed E-state index contributed by atoms with van der Waals surface area (Å²) in [5, 5.41) is 16.5. The van der Waals surface area contributed by atoms with Gasteiger partial charge in [0.25, 0.3) is 5.92 Å². The van der Waals surface area contributed by atoms with Gasteiger partial charge < -0.3 is 5.11 Å². The van der Waals surface area contributed by atoms with Gasteiger partial charge in [0.1, 0.15) is 11.6 Å². The van der Waals surface area contributed by atoms with Crippen LogP contribution < -0.4 is 0 Å². The van der Waals surface area contributed by atoms with Gasteiger partial charge in [-0.15, -0.1) is 0 Å². The number of fused-ring (bicyclic) bond motifs is 3. The molecule has 0 amide bonds. The second kappa shape index (κ2) is 7.98. The molecule has 1 aliphatic rings. The fraction of sp³-hybridized carbons (Fsp3) is 0.333. The van der Waals surface area contributed by atoms with E-state index in [1.807, 2.05) is 0 Å². The van der Waals surface area contributed by atoms with Gasteiger partial charge in [0.05, 0.1) is 23.8 Å². The van der Waals surface area contributed by atoms with Crippen molar-refractivity contribution in [2.45, 2.75) is 44.7 Å². The number of carboxylic acid groups (broad SMARTS) is 1. The molecule has 0 radical (unpaired) electrons. The van der Waals surface area contributed by atoms with Gasteiger partial charge in [-0.3, -0.25) is 10.00 Å². The number of alkyl halides is 2. The normalized spacial score (nSPS) is 21.6. The second-order valence-corrected chi connectivity index (χ2v) is 8.78. The molecule has 1 aromatic heterocycles. The van der Waals surface area contributed by atoms with Gasteiger partial charge in [-0.05, 0) is 61.2 Å². The van der Waals surface area contributed by atoms with Crippen LogP contribution in [0.1, 0.15) is 43.0 Å². The number of aromatic nitrogens is 2. The Labute approximate surface area is 187 Å². The van der Waals surface area contributed by atoms with E-state index in [9.17, 15) is 13.6 Å². The molecule has 0 unspecified atom stereocenters. The van der Waals surface area contributed by atoms with Crippen molar-refractivity contribution in [3.63, 3.8) is 0 Å². The van der Waals surface area contributed by atoms with E-state index in [2.05, 4.69) is 10.2 Å². The van der Waals surface area contributed by atoms with Gasteiger partial charge in [0, 0.05) is 30.0 Å². The molecule has 0 saturated heterocycles. The monoisotopic (exact) mass is 461 g/mol. The van der Waals surface area contributed by atoms with Crippen LogP contribution in [0.2, 0.25) is 0 Å². The van der Waals surface area contributed by atoms with Gasteiger partial charge in [0.15, 0.2) is 0 Å². The minimum absolute atomic E-state index is 0.0153. The van der Waals surface area contributed by atoms with Gasteiger partial charge >= 0.3 is 5.97 Å². The van der Waals surface area contributed by atoms with Crippen LogP contribution in [0.4, 0.5) is 17.6 Å². The Kier molecular flexibility index (Phi) is 5.56. The predicted octanol–water partition coefficient (Wildman–Crippen LogP) is 5.10. The van der Waals surface area contributed by atoms with Crippen molar-refractivity contribution in [3.8, 4) is 0 Å². The molecule has 0 fully saturated rings. The summed E-state index contributed by atoms with van der Waals surface area (Å²) >= 11 is 0. The number of halogens is 4. The molecule has 1 aliphatic heterocycles. The Hall–Kier alpha value is -3.20. The van der Waals surface area contributed by atoms with Crippen LogP contribution in [-0.2, 0) is 16.8 Å². The number of nitrogens with one attached hydrogen (secondary N) is 1. The fourth-order valence-electron chi connectivity index (χ4n) is 4.97. The van der Waals surface area contributed by atoms with Crippen molar-refractivity contribution < 1.29 is 27.5 Å². The Morgan fingerprint density at radius 3 is 2.61 bits per heavy atom. The highest BCUT2D eigenvalue weighted by molar-refractivity contribution is 5.85. The summed E-state index contributed by atoms with van der Waals surface area (Å²) in [5.74, 6) is -6.26. The topological polar surface area (TPSA) is 69.2 Å². The maximum Gasteiger partial charge on any atom is 0.328 e. The lowest BCUT2D eigenvalue weighted by Crippen LogP contribution is -2.57. The average molecular weight is 461 g/mol. The van der Waals surface area contributed by atoms with Crippen LogP contribution in [0, 0.1) is 11.6 Å². The smallest absolute Gasteiger partial charge is 0.328 e. The summed E-state index contributed by atoms with van der Waals surface area (Å²) in [7, 11) is 0. The number of aromatic amines is 1. The van der Waals surface area contributed by atoms with Crippen LogP contribution in [0.15, 0.2) is 36.5 Å². The molecule has 2 aromatic carbocycles. The number of benzene rings is 2. The summed E-state index contributed by atoms with van der Waals surface area (Å²) in [4.78, 5) is 12.2. The van der Waals surface area contributed by atoms with E-state index in [0.29, 0.717) is 12.0 Å². The molecule has 3 aromatic rings. The number of carbonyl (C=O) groups is 1. The Morgan fingerprint density at radius 2 is 2.00 bits per heavy atom. The molecule has 2 N–H and O–H groups in total. The third-order valence-corrected chi connectivity index (χ3v) is 6.28. The van der Waals surface area contributed by atoms with E-state index in [1.54, 1.807) is 32.2 Å². The second-order valence-electron chi connectivity index (χ2n) is 8.78. The third kappa shape index (κ3) is 4.01. The lowest BCUT2D eigenvalue weighted by molar-refractivity contribution is -0.131. The molecule has 33 heavy (non-hydrogen) atoms. The molecule has 4 rings (SSSR count). The maximum absolute atomic E-state index is 15.5. The molecular formula is C24H23F4N3O2. The van der Waals surface area contributed by atoms with Gasteiger partial charge in [0.2, 0.25) is 0 Å². The number of carboxylic acids is 1. The molecule has 174 valence electrons. The molecule has 0 spiro atoms. The highest BCUT2D eigenvalue weighted by Crippen LogP contribution is 2.47. The van der Waals surface area contributed by atoms with E-state index in [1.165, 1.54) is 4.90 Å². The Morgan fingerprint density at radius 1 is 1.33 bits per heavy atom. The zero-order valence-electron chi connectivity index (χ0n) is 18.3. The predicted molar refractivity (Wildman–Crippen MR) is 116 cm³/mol. The number of rotatable bonds is 5. The number of nitrogens with zero attached hydrogens (tertiary/aromatic N) is 2. The first kappa shape index (κ1) is 23.0. The van der Waals surface area contributed by atoms with E-state index in [4.69, 9.17) is 5.11 Å². The van der Waals surface area contributed by atoms with E-state index >= 15 is 8.78 Å². The van der Waals surface area contributed by atoms with Gasteiger partial charge in [-0.2, -0.15) is 5.10 Å². The van der Waals surface area contributed by atoms with Crippen LogP contribution in [-0.4, -0.2) is 44.7 Å². The number of H-pyrrole nitrogens is 1. The van der Waals surface area contributed by atoms with Crippen molar-refractivity contribution in [1.82, 2.24) is 15.1 Å². The first-order valence-corrected chi connectivity index (χ1v) is 10.4. The van der Waals surface area contributed by atoms with Crippen LogP contribution in [0.25, 0.3) is 17.0 Å². The quantitative estimate of drug-likeness (QED) is 0.410. The largest absolute Gasteiger partial charge is 0.478 e. The molecule has 0 aliphatic carbocycles. The van der Waals surface area contributed by atoms with Crippen molar-refractivity contribution in [2.24, 2.45) is 0 Å². The highest BCUT2D eigenvalue weighted by Gasteiger charge is 2.49. The molecule has 2 atom stereocenters. The first-order valence-electron chi connectivity index (χ1n) is 10.4. The summed E-state index contributed by atoms with van der Waals surface area (Å²) in [6, 6.07) is 4.98. The summed E-state index contributed by atoms with van der Waals surface area (Å²) < 4.78 is 59.5. The molecule has 2 heterocycles. The third-order valence-electron chi connectivity index (χ3n) is 6.28. The fourth-order valence-corrected chi connectivity index (χ4v) is 4.97. The lowest BCUT2D eigenvalue weighted by Gasteiger charge is -2.51. The SMILES string of the molecule is C[C@@H]1Cc2c(ccc3[nH]ncc23)[C@@](C)(c2c(F)cc(/C=C/C(=O)O)cc2F)N1CC(C)(F)F. The van der Waals surface area contributed by atoms with Crippen molar-refractivity contribution >= 4 is 22.9 Å². The van der Waals surface area contributed by atoms with E-state index < -0.39 is 41.7 Å². The van der Waals surface area contributed by atoms with Crippen molar-refractivity contribution in [1.29, 1.82) is 0 Å². The molecule has 9 heteroatoms. The summed E-state index contributed by atoms with van der Waals surface area (Å²) in [6.45, 7) is 3.38. The summed E-state index contributed by atoms with van der Waals surface area (Å²) in [5.41, 5.74) is 0.149. The Balaban J connectivity index is 1.99. The van der Waals surface area contributed by atoms with Crippen LogP contribution in [0.5, 0.6) is 0 Å². The van der Waals surface area contributed by atoms with Crippen LogP contribution in [0.3, 0.4) is 0 Å². The molecular weight excluding hydrogens is 438 g/mol. The van der Waals surface area contributed by atoms with E-state index in [0.717, 1.165) is 47.7 Å². The summed E-state index contributed by atoms with van der Waals surface area (Å²) in [6.07, 6.45) is 3.87. The van der Waals surface area contributed by atoms with Crippen molar-refractivity contribution in [3.05, 3.63) is 70.4 Å². The Bertz CT molecular complexity index is 1240. The average Bonchev–Trinajstić information content (AvgIpc) is 3.18. The molecule has 5 nitrogen and oxygen atoms in total. The molecule has 0 saturated carbocycles. The maximum atomic E-state index is 15.5. The lowest BCUT2D eigenvalue weighted by atomic mass is 9.73. The zero-order chi connectivity index (χ0) is 24.1. The van der Waals surface area contributed by atoms with Crippen LogP contribution >= 0.6 is 0 Å². The van der Waals surface area contributed by atoms with Crippen molar-refractivity contribution in [2.75, 3.05) is 6.54 Å². The van der Waals surface area contributed by atoms with Gasteiger partial charge in [-0.1, -0.05) is 6.07 Å². The minimum Gasteiger partial charge on any atom is -0.478 e. The number of hydrogen-bond acceptors (Lipinski definition) is 3. The first-order chi connectivity index (χ1) is 15.4. The van der Waals surface area contributed by atoms with E-state index in [-0.39, 0.29) is 11.1 Å². The number of hydrogen-bond donors (Lipinski definition) is 2.